The van der Waals surface area contributed by atoms with Crippen LogP contribution in [-0.4, -0.2) is 41.9 Å². The van der Waals surface area contributed by atoms with E-state index in [-0.39, 0.29) is 5.75 Å². The molecule has 7 nitrogen and oxygen atoms in total. The van der Waals surface area contributed by atoms with E-state index in [1.54, 1.807) is 35.6 Å². The zero-order valence-corrected chi connectivity index (χ0v) is 20.7. The van der Waals surface area contributed by atoms with Crippen molar-refractivity contribution in [1.29, 1.82) is 0 Å². The predicted octanol–water partition coefficient (Wildman–Crippen LogP) is 5.84. The number of nitrogens with zero attached hydrogens (tertiary/aromatic N) is 2. The highest BCUT2D eigenvalue weighted by Gasteiger charge is 2.30. The molecule has 0 fully saturated rings. The molecule has 3 rings (SSSR count). The van der Waals surface area contributed by atoms with Gasteiger partial charge in [-0.3, -0.25) is 4.94 Å². The third kappa shape index (κ3) is 6.17. The molecule has 9 heteroatoms. The van der Waals surface area contributed by atoms with Crippen LogP contribution < -0.4 is 19.3 Å². The standard InChI is InChI=1S/C25H29FN2O5S/c1-16-14-22(32-25(3,4)23(29)30)17(2)13-21(16)31-12-6-11-28(5)24-27-20(15-34-24)18-7-9-19(33-26)10-8-18/h7-10,13-15H,6,11-12H2,1-5H3,(H,29,30). The minimum Gasteiger partial charge on any atom is -0.493 e. The van der Waals surface area contributed by atoms with Gasteiger partial charge in [-0.15, -0.1) is 11.3 Å². The molecule has 1 N–H and O–H groups in total. The fourth-order valence-electron chi connectivity index (χ4n) is 3.18. The lowest BCUT2D eigenvalue weighted by atomic mass is 10.1. The zero-order valence-electron chi connectivity index (χ0n) is 19.9. The van der Waals surface area contributed by atoms with Crippen molar-refractivity contribution in [3.05, 3.63) is 52.9 Å². The van der Waals surface area contributed by atoms with Gasteiger partial charge in [-0.25, -0.2) is 9.78 Å². The van der Waals surface area contributed by atoms with Gasteiger partial charge in [0, 0.05) is 29.1 Å². The van der Waals surface area contributed by atoms with Crippen molar-refractivity contribution >= 4 is 22.4 Å². The van der Waals surface area contributed by atoms with Crippen molar-refractivity contribution in [3.8, 4) is 28.5 Å². The van der Waals surface area contributed by atoms with Crippen molar-refractivity contribution < 1.29 is 28.8 Å². The minimum atomic E-state index is -1.31. The molecule has 182 valence electrons. The first-order valence-electron chi connectivity index (χ1n) is 10.8. The molecule has 1 aromatic heterocycles. The second-order valence-corrected chi connectivity index (χ2v) is 9.38. The summed E-state index contributed by atoms with van der Waals surface area (Å²) >= 11 is 1.54. The number of carbonyl (C=O) groups is 1. The van der Waals surface area contributed by atoms with Gasteiger partial charge in [-0.2, -0.15) is 0 Å². The number of aryl methyl sites for hydroxylation is 2. The summed E-state index contributed by atoms with van der Waals surface area (Å²) in [6, 6.07) is 10.3. The maximum atomic E-state index is 12.2. The molecule has 0 saturated heterocycles. The predicted molar refractivity (Wildman–Crippen MR) is 131 cm³/mol. The average molecular weight is 489 g/mol. The van der Waals surface area contributed by atoms with E-state index in [4.69, 9.17) is 9.47 Å². The number of carboxylic acid groups (broad SMARTS) is 1. The number of ether oxygens (including phenoxy) is 2. The van der Waals surface area contributed by atoms with E-state index in [0.29, 0.717) is 12.4 Å². The normalized spacial score (nSPS) is 11.2. The summed E-state index contributed by atoms with van der Waals surface area (Å²) in [4.78, 5) is 21.8. The molecule has 34 heavy (non-hydrogen) atoms. The van der Waals surface area contributed by atoms with E-state index in [1.165, 1.54) is 13.8 Å². The topological polar surface area (TPSA) is 81.1 Å². The van der Waals surface area contributed by atoms with Crippen molar-refractivity contribution in [2.45, 2.75) is 39.7 Å². The van der Waals surface area contributed by atoms with E-state index in [0.717, 1.165) is 46.2 Å². The Bertz CT molecular complexity index is 1130. The van der Waals surface area contributed by atoms with Gasteiger partial charge >= 0.3 is 5.97 Å². The van der Waals surface area contributed by atoms with Crippen molar-refractivity contribution in [2.75, 3.05) is 25.1 Å². The van der Waals surface area contributed by atoms with Crippen LogP contribution in [-0.2, 0) is 4.79 Å². The van der Waals surface area contributed by atoms with Crippen LogP contribution in [0.4, 0.5) is 9.66 Å². The van der Waals surface area contributed by atoms with Crippen LogP contribution in [0.2, 0.25) is 0 Å². The Hall–Kier alpha value is -3.33. The summed E-state index contributed by atoms with van der Waals surface area (Å²) in [6.45, 7) is 8.10. The molecule has 0 unspecified atom stereocenters. The van der Waals surface area contributed by atoms with Gasteiger partial charge in [0.15, 0.2) is 16.5 Å². The van der Waals surface area contributed by atoms with Crippen molar-refractivity contribution in [3.63, 3.8) is 0 Å². The molecular weight excluding hydrogens is 459 g/mol. The molecule has 0 bridgehead atoms. The van der Waals surface area contributed by atoms with E-state index >= 15 is 0 Å². The second-order valence-electron chi connectivity index (χ2n) is 8.54. The first-order valence-corrected chi connectivity index (χ1v) is 11.7. The second kappa shape index (κ2) is 10.7. The molecule has 0 spiro atoms. The smallest absolute Gasteiger partial charge is 0.347 e. The van der Waals surface area contributed by atoms with E-state index < -0.39 is 11.6 Å². The van der Waals surface area contributed by atoms with E-state index in [1.807, 2.05) is 38.4 Å². The maximum Gasteiger partial charge on any atom is 0.347 e. The molecular formula is C25H29FN2O5S. The molecule has 2 aromatic carbocycles. The summed E-state index contributed by atoms with van der Waals surface area (Å²) in [5.74, 6) is 0.417. The molecule has 3 aromatic rings. The molecule has 0 aliphatic rings. The molecule has 1 heterocycles. The number of hydrogen-bond acceptors (Lipinski definition) is 7. The summed E-state index contributed by atoms with van der Waals surface area (Å²) < 4.78 is 23.9. The highest BCUT2D eigenvalue weighted by atomic mass is 32.1. The Morgan fingerprint density at radius 3 is 2.44 bits per heavy atom. The Morgan fingerprint density at radius 1 is 1.15 bits per heavy atom. The Balaban J connectivity index is 1.53. The summed E-state index contributed by atoms with van der Waals surface area (Å²) in [5, 5.41) is 12.1. The van der Waals surface area contributed by atoms with Gasteiger partial charge in [0.05, 0.1) is 12.3 Å². The first-order chi connectivity index (χ1) is 16.1. The number of halogens is 1. The largest absolute Gasteiger partial charge is 0.493 e. The van der Waals surface area contributed by atoms with Crippen LogP contribution in [0, 0.1) is 13.8 Å². The number of benzene rings is 2. The van der Waals surface area contributed by atoms with Crippen LogP contribution in [0.1, 0.15) is 31.4 Å². The quantitative estimate of drug-likeness (QED) is 0.340. The van der Waals surface area contributed by atoms with E-state index in [9.17, 15) is 14.4 Å². The third-order valence-corrected chi connectivity index (χ3v) is 6.26. The number of aliphatic carboxylic acids is 1. The molecule has 0 radical (unpaired) electrons. The molecule has 0 amide bonds. The average Bonchev–Trinajstić information content (AvgIpc) is 3.29. The highest BCUT2D eigenvalue weighted by molar-refractivity contribution is 7.14. The summed E-state index contributed by atoms with van der Waals surface area (Å²) in [5.41, 5.74) is 2.10. The van der Waals surface area contributed by atoms with Gasteiger partial charge in [0.1, 0.15) is 11.5 Å². The van der Waals surface area contributed by atoms with Gasteiger partial charge in [-0.05, 0) is 81.6 Å². The fourth-order valence-corrected chi connectivity index (χ4v) is 4.00. The summed E-state index contributed by atoms with van der Waals surface area (Å²) in [7, 11) is 1.98. The summed E-state index contributed by atoms with van der Waals surface area (Å²) in [6.07, 6.45) is 0.788. The van der Waals surface area contributed by atoms with Gasteiger partial charge in [0.25, 0.3) is 0 Å². The first kappa shape index (κ1) is 25.3. The Labute approximate surface area is 202 Å². The lowest BCUT2D eigenvalue weighted by Crippen LogP contribution is -2.38. The number of anilines is 1. The number of hydrogen-bond donors (Lipinski definition) is 1. The van der Waals surface area contributed by atoms with E-state index in [2.05, 4.69) is 14.8 Å². The van der Waals surface area contributed by atoms with Crippen LogP contribution in [0.3, 0.4) is 0 Å². The minimum absolute atomic E-state index is 0.160. The Kier molecular flexibility index (Phi) is 7.98. The molecule has 0 aliphatic heterocycles. The van der Waals surface area contributed by atoms with Gasteiger partial charge < -0.3 is 19.5 Å². The van der Waals surface area contributed by atoms with Crippen LogP contribution >= 0.6 is 11.3 Å². The van der Waals surface area contributed by atoms with Crippen molar-refractivity contribution in [2.24, 2.45) is 0 Å². The zero-order chi connectivity index (χ0) is 24.9. The fraction of sp³-hybridized carbons (Fsp3) is 0.360. The van der Waals surface area contributed by atoms with Crippen LogP contribution in [0.15, 0.2) is 41.8 Å². The molecule has 0 aliphatic carbocycles. The van der Waals surface area contributed by atoms with Gasteiger partial charge in [-0.1, -0.05) is 0 Å². The lowest BCUT2D eigenvalue weighted by Gasteiger charge is -2.23. The molecule has 0 atom stereocenters. The number of thiazole rings is 1. The monoisotopic (exact) mass is 488 g/mol. The number of rotatable bonds is 11. The Morgan fingerprint density at radius 2 is 1.79 bits per heavy atom. The lowest BCUT2D eigenvalue weighted by molar-refractivity contribution is -0.152. The number of aromatic nitrogens is 1. The van der Waals surface area contributed by atoms with Crippen LogP contribution in [0.5, 0.6) is 17.2 Å². The van der Waals surface area contributed by atoms with Crippen LogP contribution in [0.25, 0.3) is 11.3 Å². The SMILES string of the molecule is Cc1cc(OC(C)(C)C(=O)O)c(C)cc1OCCCN(C)c1nc(-c2ccc(OF)cc2)cs1. The maximum absolute atomic E-state index is 12.2. The highest BCUT2D eigenvalue weighted by Crippen LogP contribution is 2.31. The van der Waals surface area contributed by atoms with Crippen molar-refractivity contribution in [1.82, 2.24) is 4.98 Å². The van der Waals surface area contributed by atoms with Gasteiger partial charge in [0.2, 0.25) is 0 Å². The number of carboxylic acids is 1. The molecule has 0 saturated carbocycles. The third-order valence-electron chi connectivity index (χ3n) is 5.31.